The van der Waals surface area contributed by atoms with E-state index >= 15 is 0 Å². The predicted octanol–water partition coefficient (Wildman–Crippen LogP) is 3.50. The molecular formula is C14H25NSi. The van der Waals surface area contributed by atoms with Crippen LogP contribution in [0.3, 0.4) is 0 Å². The lowest BCUT2D eigenvalue weighted by Crippen LogP contribution is -2.43. The van der Waals surface area contributed by atoms with Crippen LogP contribution in [-0.2, 0) is 0 Å². The Morgan fingerprint density at radius 3 is 2.56 bits per heavy atom. The molecule has 1 saturated heterocycles. The summed E-state index contributed by atoms with van der Waals surface area (Å²) in [5.74, 6) is 2.96. The van der Waals surface area contributed by atoms with Crippen LogP contribution in [0.25, 0.3) is 0 Å². The Morgan fingerprint density at radius 1 is 1.25 bits per heavy atom. The minimum Gasteiger partial charge on any atom is -0.326 e. The third kappa shape index (κ3) is 1.62. The molecule has 2 heteroatoms. The summed E-state index contributed by atoms with van der Waals surface area (Å²) in [6.45, 7) is 6.52. The molecule has 3 aliphatic rings. The molecule has 1 nitrogen and oxygen atoms in total. The third-order valence-corrected chi connectivity index (χ3v) is 10.5. The molecule has 4 atom stereocenters. The zero-order chi connectivity index (χ0) is 11.3. The van der Waals surface area contributed by atoms with Crippen molar-refractivity contribution in [2.75, 3.05) is 13.6 Å². The van der Waals surface area contributed by atoms with E-state index in [1.54, 1.807) is 0 Å². The molecule has 1 aliphatic heterocycles. The van der Waals surface area contributed by atoms with Gasteiger partial charge in [0, 0.05) is 0 Å². The molecule has 4 unspecified atom stereocenters. The molecule has 0 aromatic rings. The summed E-state index contributed by atoms with van der Waals surface area (Å²) >= 11 is 0. The minimum absolute atomic E-state index is 0.957. The summed E-state index contributed by atoms with van der Waals surface area (Å²) < 4.78 is 2.70. The number of hydrogen-bond acceptors (Lipinski definition) is 1. The van der Waals surface area contributed by atoms with Gasteiger partial charge in [-0.3, -0.25) is 0 Å². The molecule has 2 fully saturated rings. The van der Waals surface area contributed by atoms with Gasteiger partial charge in [0.1, 0.15) is 8.24 Å². The van der Waals surface area contributed by atoms with Crippen molar-refractivity contribution in [1.82, 2.24) is 4.57 Å². The molecule has 1 heterocycles. The number of nitrogens with zero attached hydrogens (tertiary/aromatic N) is 1. The van der Waals surface area contributed by atoms with Gasteiger partial charge in [0.25, 0.3) is 0 Å². The monoisotopic (exact) mass is 235 g/mol. The third-order valence-electron chi connectivity index (χ3n) is 5.80. The highest BCUT2D eigenvalue weighted by atomic mass is 28.3. The molecule has 3 rings (SSSR count). The van der Waals surface area contributed by atoms with Crippen molar-refractivity contribution in [3.63, 3.8) is 0 Å². The lowest BCUT2D eigenvalue weighted by molar-refractivity contribution is 0.401. The number of fused-ring (bicyclic) bond motifs is 2. The summed E-state index contributed by atoms with van der Waals surface area (Å²) in [7, 11) is 1.30. The number of hydrogen-bond donors (Lipinski definition) is 0. The summed E-state index contributed by atoms with van der Waals surface area (Å²) in [5.41, 5.74) is 1.07. The summed E-state index contributed by atoms with van der Waals surface area (Å²) in [6, 6.07) is 0. The first kappa shape index (κ1) is 11.0. The maximum absolute atomic E-state index is 2.70. The van der Waals surface area contributed by atoms with Crippen molar-refractivity contribution in [3.05, 3.63) is 12.2 Å². The summed E-state index contributed by atoms with van der Waals surface area (Å²) in [6.07, 6.45) is 11.0. The van der Waals surface area contributed by atoms with Crippen LogP contribution in [0.15, 0.2) is 12.2 Å². The zero-order valence-electron chi connectivity index (χ0n) is 10.9. The van der Waals surface area contributed by atoms with Crippen molar-refractivity contribution < 1.29 is 0 Å². The zero-order valence-corrected chi connectivity index (χ0v) is 11.9. The Balaban J connectivity index is 1.66. The van der Waals surface area contributed by atoms with Gasteiger partial charge in [-0.15, -0.1) is 0 Å². The van der Waals surface area contributed by atoms with Gasteiger partial charge < -0.3 is 4.57 Å². The van der Waals surface area contributed by atoms with Gasteiger partial charge in [-0.1, -0.05) is 25.2 Å². The van der Waals surface area contributed by atoms with E-state index in [1.165, 1.54) is 32.2 Å². The Bertz CT molecular complexity index is 310. The van der Waals surface area contributed by atoms with E-state index in [1.807, 2.05) is 0 Å². The Morgan fingerprint density at radius 2 is 2.06 bits per heavy atom. The number of rotatable bonds is 2. The molecule has 0 aromatic heterocycles. The van der Waals surface area contributed by atoms with Crippen molar-refractivity contribution in [1.29, 1.82) is 0 Å². The topological polar surface area (TPSA) is 3.24 Å². The maximum atomic E-state index is 2.70. The van der Waals surface area contributed by atoms with Gasteiger partial charge >= 0.3 is 0 Å². The second-order valence-corrected chi connectivity index (χ2v) is 11.7. The maximum Gasteiger partial charge on any atom is 0.125 e. The smallest absolute Gasteiger partial charge is 0.125 e. The first-order valence-electron chi connectivity index (χ1n) is 6.97. The molecule has 0 N–H and O–H groups in total. The largest absolute Gasteiger partial charge is 0.326 e. The highest BCUT2D eigenvalue weighted by molar-refractivity contribution is 6.76. The van der Waals surface area contributed by atoms with Crippen LogP contribution in [0.1, 0.15) is 25.7 Å². The fraction of sp³-hybridized carbons (Fsp3) is 0.857. The predicted molar refractivity (Wildman–Crippen MR) is 71.9 cm³/mol. The standard InChI is InChI=1S/C14H25NSi/c1-15-7-6-14(16(15,2)3)10-13-9-11-4-5-12(13)8-11/h4-5,11-14H,6-10H2,1-3H3. The lowest BCUT2D eigenvalue weighted by atomic mass is 9.88. The fourth-order valence-electron chi connectivity index (χ4n) is 4.24. The van der Waals surface area contributed by atoms with Gasteiger partial charge in [-0.25, -0.2) is 0 Å². The quantitative estimate of drug-likeness (QED) is 0.523. The molecule has 0 spiro atoms. The SMILES string of the molecule is CN1CCC(CC2CC3C=CC2C3)[Si]1(C)C. The lowest BCUT2D eigenvalue weighted by Gasteiger charge is -2.33. The molecule has 0 radical (unpaired) electrons. The average Bonchev–Trinajstić information content (AvgIpc) is 2.89. The van der Waals surface area contributed by atoms with E-state index in [9.17, 15) is 0 Å². The molecule has 0 aromatic carbocycles. The molecule has 0 amide bonds. The van der Waals surface area contributed by atoms with Crippen LogP contribution in [0.4, 0.5) is 0 Å². The van der Waals surface area contributed by atoms with Gasteiger partial charge in [-0.2, -0.15) is 0 Å². The van der Waals surface area contributed by atoms with Gasteiger partial charge in [-0.05, 0) is 62.6 Å². The second kappa shape index (κ2) is 3.71. The van der Waals surface area contributed by atoms with E-state index in [2.05, 4.69) is 36.9 Å². The molecule has 2 bridgehead atoms. The normalized spacial score (nSPS) is 45.7. The Kier molecular flexibility index (Phi) is 2.56. The average molecular weight is 235 g/mol. The van der Waals surface area contributed by atoms with Crippen LogP contribution in [0, 0.1) is 17.8 Å². The van der Waals surface area contributed by atoms with E-state index in [0.29, 0.717) is 0 Å². The fourth-order valence-corrected chi connectivity index (χ4v) is 7.28. The van der Waals surface area contributed by atoms with Crippen molar-refractivity contribution in [2.45, 2.75) is 44.3 Å². The first-order chi connectivity index (χ1) is 7.57. The summed E-state index contributed by atoms with van der Waals surface area (Å²) in [5, 5.41) is 0. The van der Waals surface area contributed by atoms with Crippen molar-refractivity contribution in [2.24, 2.45) is 17.8 Å². The first-order valence-corrected chi connectivity index (χ1v) is 9.99. The molecule has 2 aliphatic carbocycles. The van der Waals surface area contributed by atoms with Crippen molar-refractivity contribution in [3.8, 4) is 0 Å². The Labute approximate surface area is 101 Å². The highest BCUT2D eigenvalue weighted by Gasteiger charge is 2.45. The number of allylic oxidation sites excluding steroid dienone is 2. The van der Waals surface area contributed by atoms with Crippen LogP contribution >= 0.6 is 0 Å². The van der Waals surface area contributed by atoms with Gasteiger partial charge in [0.2, 0.25) is 0 Å². The second-order valence-electron chi connectivity index (χ2n) is 6.84. The molecule has 16 heavy (non-hydrogen) atoms. The van der Waals surface area contributed by atoms with E-state index in [4.69, 9.17) is 0 Å². The highest BCUT2D eigenvalue weighted by Crippen LogP contribution is 2.50. The van der Waals surface area contributed by atoms with Gasteiger partial charge in [0.05, 0.1) is 0 Å². The molecule has 1 saturated carbocycles. The van der Waals surface area contributed by atoms with Gasteiger partial charge in [0.15, 0.2) is 0 Å². The van der Waals surface area contributed by atoms with E-state index in [0.717, 1.165) is 23.3 Å². The van der Waals surface area contributed by atoms with E-state index in [-0.39, 0.29) is 0 Å². The van der Waals surface area contributed by atoms with E-state index < -0.39 is 8.24 Å². The van der Waals surface area contributed by atoms with Crippen molar-refractivity contribution >= 4 is 8.24 Å². The van der Waals surface area contributed by atoms with Crippen LogP contribution in [0.5, 0.6) is 0 Å². The molecular weight excluding hydrogens is 210 g/mol. The van der Waals surface area contributed by atoms with Crippen LogP contribution in [0.2, 0.25) is 18.6 Å². The van der Waals surface area contributed by atoms with Crippen LogP contribution in [-0.4, -0.2) is 26.4 Å². The summed E-state index contributed by atoms with van der Waals surface area (Å²) in [4.78, 5) is 0. The Hall–Kier alpha value is -0.0831. The van der Waals surface area contributed by atoms with Crippen LogP contribution < -0.4 is 0 Å². The minimum atomic E-state index is -1.06. The molecule has 90 valence electrons.